The lowest BCUT2D eigenvalue weighted by Gasteiger charge is -2.40. The minimum absolute atomic E-state index is 0.0334. The third-order valence-corrected chi connectivity index (χ3v) is 4.58. The van der Waals surface area contributed by atoms with E-state index in [1.807, 2.05) is 6.92 Å². The molecule has 1 fully saturated rings. The minimum Gasteiger partial charge on any atom is -0.394 e. The van der Waals surface area contributed by atoms with E-state index in [-0.39, 0.29) is 17.2 Å². The Morgan fingerprint density at radius 1 is 1.62 bits per heavy atom. The van der Waals surface area contributed by atoms with Gasteiger partial charge in [0, 0.05) is 6.54 Å². The van der Waals surface area contributed by atoms with Crippen molar-refractivity contribution < 1.29 is 5.11 Å². The van der Waals surface area contributed by atoms with Crippen molar-refractivity contribution in [1.29, 1.82) is 0 Å². The number of hydrogen-bond acceptors (Lipinski definition) is 4. The van der Waals surface area contributed by atoms with E-state index in [2.05, 4.69) is 17.3 Å². The summed E-state index contributed by atoms with van der Waals surface area (Å²) in [7, 11) is 0. The fraction of sp³-hybridized carbons (Fsp3) is 0.733. The highest BCUT2D eigenvalue weighted by molar-refractivity contribution is 6.32. The Labute approximate surface area is 130 Å². The van der Waals surface area contributed by atoms with Crippen molar-refractivity contribution in [3.8, 4) is 0 Å². The van der Waals surface area contributed by atoms with Crippen LogP contribution in [0.15, 0.2) is 11.0 Å². The van der Waals surface area contributed by atoms with Crippen molar-refractivity contribution in [3.63, 3.8) is 0 Å². The summed E-state index contributed by atoms with van der Waals surface area (Å²) < 4.78 is 1.38. The van der Waals surface area contributed by atoms with Gasteiger partial charge in [-0.2, -0.15) is 5.10 Å². The van der Waals surface area contributed by atoms with Crippen LogP contribution in [0.25, 0.3) is 0 Å². The second-order valence-electron chi connectivity index (χ2n) is 6.17. The van der Waals surface area contributed by atoms with Gasteiger partial charge in [-0.1, -0.05) is 38.3 Å². The van der Waals surface area contributed by atoms with Gasteiger partial charge in [-0.05, 0) is 25.2 Å². The van der Waals surface area contributed by atoms with Gasteiger partial charge < -0.3 is 10.4 Å². The fourth-order valence-corrected chi connectivity index (χ4v) is 3.36. The second kappa shape index (κ2) is 6.79. The Hall–Kier alpha value is -1.07. The summed E-state index contributed by atoms with van der Waals surface area (Å²) in [5.74, 6) is 0.547. The summed E-state index contributed by atoms with van der Waals surface area (Å²) in [6, 6.07) is 0. The number of hydrogen-bond donors (Lipinski definition) is 2. The summed E-state index contributed by atoms with van der Waals surface area (Å²) in [5.41, 5.74) is -0.149. The monoisotopic (exact) mass is 313 g/mol. The molecule has 118 valence electrons. The zero-order valence-corrected chi connectivity index (χ0v) is 13.5. The zero-order valence-electron chi connectivity index (χ0n) is 12.7. The molecule has 1 aromatic heterocycles. The van der Waals surface area contributed by atoms with Crippen molar-refractivity contribution >= 4 is 17.3 Å². The van der Waals surface area contributed by atoms with E-state index >= 15 is 0 Å². The number of nitrogens with zero attached hydrogens (tertiary/aromatic N) is 2. The molecule has 0 saturated heterocycles. The SMILES string of the molecule is CCCn1ncc(NC2(CO)CCCC(C)C2)c(Cl)c1=O. The van der Waals surface area contributed by atoms with Crippen molar-refractivity contribution in [2.45, 2.75) is 58.0 Å². The average Bonchev–Trinajstić information content (AvgIpc) is 2.47. The number of nitrogens with one attached hydrogen (secondary N) is 1. The Morgan fingerprint density at radius 3 is 3.00 bits per heavy atom. The molecule has 0 spiro atoms. The topological polar surface area (TPSA) is 67.2 Å². The molecule has 2 rings (SSSR count). The third-order valence-electron chi connectivity index (χ3n) is 4.21. The van der Waals surface area contributed by atoms with Crippen LogP contribution in [0.4, 0.5) is 5.69 Å². The molecule has 1 aromatic rings. The summed E-state index contributed by atoms with van der Waals surface area (Å²) in [4.78, 5) is 12.1. The molecule has 0 amide bonds. The Bertz CT molecular complexity index is 546. The average molecular weight is 314 g/mol. The van der Waals surface area contributed by atoms with Crippen molar-refractivity contribution in [2.24, 2.45) is 5.92 Å². The Balaban J connectivity index is 2.26. The van der Waals surface area contributed by atoms with E-state index in [4.69, 9.17) is 11.6 Å². The van der Waals surface area contributed by atoms with Crippen molar-refractivity contribution in [1.82, 2.24) is 9.78 Å². The van der Waals surface area contributed by atoms with Crippen LogP contribution in [-0.4, -0.2) is 27.0 Å². The third kappa shape index (κ3) is 3.58. The predicted octanol–water partition coefficient (Wildman–Crippen LogP) is 2.66. The number of aliphatic hydroxyl groups is 1. The molecule has 0 radical (unpaired) electrons. The molecular formula is C15H24ClN3O2. The first kappa shape index (κ1) is 16.3. The van der Waals surface area contributed by atoms with Gasteiger partial charge >= 0.3 is 0 Å². The summed E-state index contributed by atoms with van der Waals surface area (Å²) in [6.07, 6.45) is 6.41. The molecule has 6 heteroatoms. The lowest BCUT2D eigenvalue weighted by atomic mass is 9.76. The van der Waals surface area contributed by atoms with Crippen LogP contribution in [0.5, 0.6) is 0 Å². The summed E-state index contributed by atoms with van der Waals surface area (Å²) >= 11 is 6.19. The predicted molar refractivity (Wildman–Crippen MR) is 84.9 cm³/mol. The first-order valence-corrected chi connectivity index (χ1v) is 8.04. The Morgan fingerprint density at radius 2 is 2.38 bits per heavy atom. The number of anilines is 1. The number of aryl methyl sites for hydroxylation is 1. The van der Waals surface area contributed by atoms with Gasteiger partial charge in [0.15, 0.2) is 0 Å². The van der Waals surface area contributed by atoms with Gasteiger partial charge in [-0.25, -0.2) is 4.68 Å². The zero-order chi connectivity index (χ0) is 15.5. The molecule has 5 nitrogen and oxygen atoms in total. The molecular weight excluding hydrogens is 290 g/mol. The number of aromatic nitrogens is 2. The maximum atomic E-state index is 12.1. The number of aliphatic hydroxyl groups excluding tert-OH is 1. The van der Waals surface area contributed by atoms with Gasteiger partial charge in [-0.15, -0.1) is 0 Å². The molecule has 0 bridgehead atoms. The van der Waals surface area contributed by atoms with Crippen LogP contribution in [0, 0.1) is 5.92 Å². The highest BCUT2D eigenvalue weighted by atomic mass is 35.5. The number of halogens is 1. The normalized spacial score (nSPS) is 25.8. The lowest BCUT2D eigenvalue weighted by molar-refractivity contribution is 0.149. The molecule has 0 aliphatic heterocycles. The quantitative estimate of drug-likeness (QED) is 0.877. The van der Waals surface area contributed by atoms with Crippen molar-refractivity contribution in [3.05, 3.63) is 21.6 Å². The standard InChI is InChI=1S/C15H24ClN3O2/c1-3-7-19-14(21)13(16)12(9-17-19)18-15(10-20)6-4-5-11(2)8-15/h9,11,18,20H,3-8,10H2,1-2H3. The molecule has 1 saturated carbocycles. The van der Waals surface area contributed by atoms with Crippen LogP contribution < -0.4 is 10.9 Å². The molecule has 1 aliphatic rings. The van der Waals surface area contributed by atoms with Crippen LogP contribution >= 0.6 is 11.6 Å². The summed E-state index contributed by atoms with van der Waals surface area (Å²) in [5, 5.41) is 17.4. The largest absolute Gasteiger partial charge is 0.394 e. The minimum atomic E-state index is -0.396. The van der Waals surface area contributed by atoms with E-state index in [0.717, 1.165) is 25.7 Å². The fourth-order valence-electron chi connectivity index (χ4n) is 3.17. The molecule has 2 atom stereocenters. The molecule has 2 unspecified atom stereocenters. The van der Waals surface area contributed by atoms with Gasteiger partial charge in [-0.3, -0.25) is 4.79 Å². The van der Waals surface area contributed by atoms with E-state index in [1.165, 1.54) is 11.1 Å². The van der Waals surface area contributed by atoms with Gasteiger partial charge in [0.05, 0.1) is 24.0 Å². The van der Waals surface area contributed by atoms with E-state index in [1.54, 1.807) is 6.20 Å². The van der Waals surface area contributed by atoms with Crippen LogP contribution in [0.3, 0.4) is 0 Å². The van der Waals surface area contributed by atoms with E-state index in [9.17, 15) is 9.90 Å². The van der Waals surface area contributed by atoms with Crippen LogP contribution in [0.2, 0.25) is 5.02 Å². The molecule has 1 heterocycles. The van der Waals surface area contributed by atoms with Crippen LogP contribution in [0.1, 0.15) is 46.0 Å². The first-order chi connectivity index (χ1) is 10.0. The molecule has 1 aliphatic carbocycles. The maximum absolute atomic E-state index is 12.1. The van der Waals surface area contributed by atoms with E-state index < -0.39 is 5.54 Å². The lowest BCUT2D eigenvalue weighted by Crippen LogP contribution is -2.46. The highest BCUT2D eigenvalue weighted by Crippen LogP contribution is 2.35. The van der Waals surface area contributed by atoms with Gasteiger partial charge in [0.2, 0.25) is 0 Å². The molecule has 2 N–H and O–H groups in total. The molecule has 0 aromatic carbocycles. The summed E-state index contributed by atoms with van der Waals surface area (Å²) in [6.45, 7) is 4.76. The number of rotatable bonds is 5. The Kier molecular flexibility index (Phi) is 5.27. The van der Waals surface area contributed by atoms with Gasteiger partial charge in [0.1, 0.15) is 5.02 Å². The van der Waals surface area contributed by atoms with Crippen molar-refractivity contribution in [2.75, 3.05) is 11.9 Å². The van der Waals surface area contributed by atoms with E-state index in [0.29, 0.717) is 18.2 Å². The van der Waals surface area contributed by atoms with Crippen LogP contribution in [-0.2, 0) is 6.54 Å². The first-order valence-electron chi connectivity index (χ1n) is 7.66. The highest BCUT2D eigenvalue weighted by Gasteiger charge is 2.35. The smallest absolute Gasteiger partial charge is 0.287 e. The maximum Gasteiger partial charge on any atom is 0.287 e. The molecule has 21 heavy (non-hydrogen) atoms. The van der Waals surface area contributed by atoms with Gasteiger partial charge in [0.25, 0.3) is 5.56 Å². The second-order valence-corrected chi connectivity index (χ2v) is 6.54.